The van der Waals surface area contributed by atoms with Crippen LogP contribution in [0.3, 0.4) is 0 Å². The monoisotopic (exact) mass is 543 g/mol. The van der Waals surface area contributed by atoms with Crippen LogP contribution in [-0.4, -0.2) is 51.7 Å². The fraction of sp³-hybridized carbons (Fsp3) is 0.409. The second kappa shape index (κ2) is 12.5. The second-order valence-electron chi connectivity index (χ2n) is 6.75. The number of methoxy groups -OCH3 is 2. The average Bonchev–Trinajstić information content (AvgIpc) is 3.24. The molecule has 1 atom stereocenters. The van der Waals surface area contributed by atoms with Crippen molar-refractivity contribution in [2.75, 3.05) is 40.6 Å². The number of nitrogens with zero attached hydrogens (tertiary/aromatic N) is 1. The minimum absolute atomic E-state index is 0. The molecular weight excluding hydrogens is 513 g/mol. The summed E-state index contributed by atoms with van der Waals surface area (Å²) in [5.41, 5.74) is 1.83. The van der Waals surface area contributed by atoms with Gasteiger partial charge in [0.05, 0.1) is 26.9 Å². The molecular formula is C22H30IN3O5. The van der Waals surface area contributed by atoms with Crippen LogP contribution in [0.2, 0.25) is 0 Å². The van der Waals surface area contributed by atoms with E-state index in [4.69, 9.17) is 18.9 Å². The summed E-state index contributed by atoms with van der Waals surface area (Å²) in [5, 5.41) is 17.1. The fourth-order valence-corrected chi connectivity index (χ4v) is 3.07. The van der Waals surface area contributed by atoms with E-state index in [2.05, 4.69) is 15.6 Å². The number of aliphatic hydroxyl groups excluding tert-OH is 1. The van der Waals surface area contributed by atoms with E-state index in [1.54, 1.807) is 32.4 Å². The smallest absolute Gasteiger partial charge is 0.231 e. The highest BCUT2D eigenvalue weighted by atomic mass is 127. The highest BCUT2D eigenvalue weighted by Crippen LogP contribution is 2.32. The molecule has 0 aromatic heterocycles. The quantitative estimate of drug-likeness (QED) is 0.255. The molecule has 2 aromatic rings. The number of benzene rings is 2. The summed E-state index contributed by atoms with van der Waals surface area (Å²) in [6.07, 6.45) is 0.0229. The van der Waals surface area contributed by atoms with E-state index in [9.17, 15) is 5.11 Å². The Morgan fingerprint density at radius 3 is 2.45 bits per heavy atom. The number of hydrogen-bond donors (Lipinski definition) is 3. The predicted octanol–water partition coefficient (Wildman–Crippen LogP) is 2.88. The second-order valence-corrected chi connectivity index (χ2v) is 6.75. The topological polar surface area (TPSA) is 93.6 Å². The Bertz CT molecular complexity index is 856. The summed E-state index contributed by atoms with van der Waals surface area (Å²) in [5.74, 6) is 3.46. The number of nitrogens with one attached hydrogen (secondary N) is 2. The first-order valence-corrected chi connectivity index (χ1v) is 9.94. The van der Waals surface area contributed by atoms with Gasteiger partial charge in [-0.05, 0) is 48.7 Å². The molecule has 1 heterocycles. The third-order valence-corrected chi connectivity index (χ3v) is 4.67. The number of fused-ring (bicyclic) bond motifs is 1. The summed E-state index contributed by atoms with van der Waals surface area (Å²) in [6.45, 7) is 3.89. The van der Waals surface area contributed by atoms with Crippen LogP contribution in [0.15, 0.2) is 41.4 Å². The minimum Gasteiger partial charge on any atom is -0.497 e. The normalized spacial score (nSPS) is 13.2. The van der Waals surface area contributed by atoms with Crippen LogP contribution in [0.4, 0.5) is 0 Å². The Morgan fingerprint density at radius 1 is 1.06 bits per heavy atom. The summed E-state index contributed by atoms with van der Waals surface area (Å²) in [6, 6.07) is 11.3. The molecule has 0 aliphatic carbocycles. The first-order chi connectivity index (χ1) is 14.6. The fourth-order valence-electron chi connectivity index (χ4n) is 3.07. The van der Waals surface area contributed by atoms with Gasteiger partial charge in [0.1, 0.15) is 11.5 Å². The van der Waals surface area contributed by atoms with Gasteiger partial charge in [-0.25, -0.2) is 0 Å². The lowest BCUT2D eigenvalue weighted by atomic mass is 10.1. The molecule has 1 aliphatic rings. The Kier molecular flexibility index (Phi) is 9.99. The standard InChI is InChI=1S/C22H29N3O5.HI/c1-4-23-22(24-8-7-15-5-6-20-21(9-15)30-14-29-20)25-13-19(26)16-10-17(27-2)12-18(11-16)28-3;/h5-6,9-12,19,26H,4,7-8,13-14H2,1-3H3,(H2,23,24,25);1H. The zero-order valence-corrected chi connectivity index (χ0v) is 20.3. The number of ether oxygens (including phenoxy) is 4. The van der Waals surface area contributed by atoms with Crippen molar-refractivity contribution in [2.45, 2.75) is 19.4 Å². The van der Waals surface area contributed by atoms with Crippen LogP contribution in [0.5, 0.6) is 23.0 Å². The van der Waals surface area contributed by atoms with Gasteiger partial charge in [-0.1, -0.05) is 6.07 Å². The molecule has 9 heteroatoms. The van der Waals surface area contributed by atoms with Crippen LogP contribution in [0.1, 0.15) is 24.2 Å². The maximum atomic E-state index is 10.6. The minimum atomic E-state index is -0.779. The average molecular weight is 543 g/mol. The third-order valence-electron chi connectivity index (χ3n) is 4.67. The molecule has 0 spiro atoms. The highest BCUT2D eigenvalue weighted by molar-refractivity contribution is 14.0. The van der Waals surface area contributed by atoms with Crippen molar-refractivity contribution in [1.82, 2.24) is 10.6 Å². The van der Waals surface area contributed by atoms with Gasteiger partial charge in [-0.3, -0.25) is 4.99 Å². The van der Waals surface area contributed by atoms with Gasteiger partial charge in [-0.15, -0.1) is 24.0 Å². The van der Waals surface area contributed by atoms with Gasteiger partial charge in [-0.2, -0.15) is 0 Å². The molecule has 1 aliphatic heterocycles. The molecule has 2 aromatic carbocycles. The maximum absolute atomic E-state index is 10.6. The molecule has 0 saturated carbocycles. The Labute approximate surface area is 200 Å². The van der Waals surface area contributed by atoms with E-state index in [1.165, 1.54) is 0 Å². The van der Waals surface area contributed by atoms with E-state index in [0.717, 1.165) is 30.0 Å². The molecule has 8 nitrogen and oxygen atoms in total. The van der Waals surface area contributed by atoms with Gasteiger partial charge in [0.2, 0.25) is 6.79 Å². The van der Waals surface area contributed by atoms with E-state index >= 15 is 0 Å². The van der Waals surface area contributed by atoms with Crippen molar-refractivity contribution in [3.05, 3.63) is 47.5 Å². The number of aliphatic imine (C=N–C) groups is 1. The Balaban J connectivity index is 0.00000341. The van der Waals surface area contributed by atoms with Crippen molar-refractivity contribution >= 4 is 29.9 Å². The van der Waals surface area contributed by atoms with Crippen LogP contribution in [0, 0.1) is 0 Å². The molecule has 3 rings (SSSR count). The number of hydrogen-bond acceptors (Lipinski definition) is 6. The van der Waals surface area contributed by atoms with Crippen molar-refractivity contribution in [2.24, 2.45) is 4.99 Å². The number of guanidine groups is 1. The largest absolute Gasteiger partial charge is 0.497 e. The molecule has 31 heavy (non-hydrogen) atoms. The van der Waals surface area contributed by atoms with Crippen molar-refractivity contribution < 1.29 is 24.1 Å². The van der Waals surface area contributed by atoms with Gasteiger partial charge in [0.25, 0.3) is 0 Å². The van der Waals surface area contributed by atoms with Gasteiger partial charge >= 0.3 is 0 Å². The molecule has 0 bridgehead atoms. The van der Waals surface area contributed by atoms with Crippen molar-refractivity contribution in [3.8, 4) is 23.0 Å². The number of aliphatic hydroxyl groups is 1. The molecule has 0 radical (unpaired) electrons. The molecule has 1 unspecified atom stereocenters. The lowest BCUT2D eigenvalue weighted by Crippen LogP contribution is -2.38. The van der Waals surface area contributed by atoms with E-state index in [0.29, 0.717) is 29.6 Å². The molecule has 0 amide bonds. The first kappa shape index (κ1) is 24.9. The van der Waals surface area contributed by atoms with Crippen LogP contribution in [-0.2, 0) is 6.42 Å². The molecule has 0 saturated heterocycles. The summed E-state index contributed by atoms with van der Waals surface area (Å²) in [4.78, 5) is 4.51. The number of halogens is 1. The Morgan fingerprint density at radius 2 is 1.77 bits per heavy atom. The lowest BCUT2D eigenvalue weighted by molar-refractivity contribution is 0.174. The predicted molar refractivity (Wildman–Crippen MR) is 130 cm³/mol. The number of rotatable bonds is 9. The molecule has 0 fully saturated rings. The van der Waals surface area contributed by atoms with Gasteiger partial charge < -0.3 is 34.7 Å². The summed E-state index contributed by atoms with van der Waals surface area (Å²) < 4.78 is 21.3. The zero-order chi connectivity index (χ0) is 21.3. The van der Waals surface area contributed by atoms with Crippen LogP contribution >= 0.6 is 24.0 Å². The highest BCUT2D eigenvalue weighted by Gasteiger charge is 2.13. The van der Waals surface area contributed by atoms with Crippen molar-refractivity contribution in [3.63, 3.8) is 0 Å². The summed E-state index contributed by atoms with van der Waals surface area (Å²) >= 11 is 0. The SMILES string of the molecule is CCNC(=NCC(O)c1cc(OC)cc(OC)c1)NCCc1ccc2c(c1)OCO2.I. The van der Waals surface area contributed by atoms with Crippen LogP contribution < -0.4 is 29.6 Å². The van der Waals surface area contributed by atoms with Crippen LogP contribution in [0.25, 0.3) is 0 Å². The van der Waals surface area contributed by atoms with Crippen molar-refractivity contribution in [1.29, 1.82) is 0 Å². The Hall–Kier alpha value is -2.40. The maximum Gasteiger partial charge on any atom is 0.231 e. The van der Waals surface area contributed by atoms with E-state index in [-0.39, 0.29) is 37.3 Å². The molecule has 170 valence electrons. The molecule has 3 N–H and O–H groups in total. The van der Waals surface area contributed by atoms with Gasteiger partial charge in [0, 0.05) is 19.2 Å². The first-order valence-electron chi connectivity index (χ1n) is 9.94. The lowest BCUT2D eigenvalue weighted by Gasteiger charge is -2.15. The van der Waals surface area contributed by atoms with E-state index in [1.807, 2.05) is 25.1 Å². The van der Waals surface area contributed by atoms with Gasteiger partial charge in [0.15, 0.2) is 17.5 Å². The third kappa shape index (κ3) is 7.06. The summed E-state index contributed by atoms with van der Waals surface area (Å²) in [7, 11) is 3.16. The zero-order valence-electron chi connectivity index (χ0n) is 18.0. The van der Waals surface area contributed by atoms with E-state index < -0.39 is 6.10 Å².